The molecule has 2 saturated heterocycles. The van der Waals surface area contributed by atoms with Crippen LogP contribution >= 0.6 is 0 Å². The quantitative estimate of drug-likeness (QED) is 0.515. The highest BCUT2D eigenvalue weighted by molar-refractivity contribution is 5.94. The molecule has 0 unspecified atom stereocenters. The highest BCUT2D eigenvalue weighted by atomic mass is 16.2. The van der Waals surface area contributed by atoms with Gasteiger partial charge >= 0.3 is 0 Å². The molecule has 2 N–H and O–H groups in total. The largest absolute Gasteiger partial charge is 0.371 e. The van der Waals surface area contributed by atoms with Crippen LogP contribution in [0.1, 0.15) is 54.4 Å². The number of nitrogens with one attached hydrogen (secondary N) is 2. The minimum Gasteiger partial charge on any atom is -0.371 e. The first kappa shape index (κ1) is 24.0. The molecule has 6 nitrogen and oxygen atoms in total. The summed E-state index contributed by atoms with van der Waals surface area (Å²) < 4.78 is 1.92. The van der Waals surface area contributed by atoms with Crippen molar-refractivity contribution in [2.45, 2.75) is 50.5 Å². The Labute approximate surface area is 219 Å². The first-order valence-electron chi connectivity index (χ1n) is 13.8. The molecule has 0 bridgehead atoms. The maximum absolute atomic E-state index is 13.3. The Morgan fingerprint density at radius 3 is 2.54 bits per heavy atom. The number of nitrogens with zero attached hydrogens (tertiary/aromatic N) is 3. The van der Waals surface area contributed by atoms with Crippen LogP contribution in [0.15, 0.2) is 67.4 Å². The lowest BCUT2D eigenvalue weighted by molar-refractivity contribution is -0.120. The molecular formula is C31H37N5O. The lowest BCUT2D eigenvalue weighted by atomic mass is 9.73. The monoisotopic (exact) mass is 495 g/mol. The molecule has 6 heteroatoms. The average Bonchev–Trinajstić information content (AvgIpc) is 3.51. The van der Waals surface area contributed by atoms with E-state index in [1.165, 1.54) is 18.4 Å². The van der Waals surface area contributed by atoms with Gasteiger partial charge in [-0.25, -0.2) is 4.68 Å². The molecule has 2 aliphatic heterocycles. The fourth-order valence-corrected chi connectivity index (χ4v) is 6.57. The van der Waals surface area contributed by atoms with Crippen molar-refractivity contribution in [3.63, 3.8) is 0 Å². The first-order valence-corrected chi connectivity index (χ1v) is 13.8. The van der Waals surface area contributed by atoms with Gasteiger partial charge in [0.05, 0.1) is 18.3 Å². The SMILES string of the molecule is C=C(c1cnn(Cc2ccccc2)c1NC(=O)C1CCNCC1)N1CCC2(CCc3ccccc32)CC1. The highest BCUT2D eigenvalue weighted by Gasteiger charge is 2.41. The number of aromatic nitrogens is 2. The number of aryl methyl sites for hydroxylation is 1. The van der Waals surface area contributed by atoms with Crippen molar-refractivity contribution >= 4 is 17.4 Å². The number of hydrogen-bond donors (Lipinski definition) is 2. The molecule has 0 saturated carbocycles. The van der Waals surface area contributed by atoms with Gasteiger partial charge in [-0.15, -0.1) is 0 Å². The molecule has 1 aromatic heterocycles. The van der Waals surface area contributed by atoms with Gasteiger partial charge in [-0.3, -0.25) is 4.79 Å². The third-order valence-corrected chi connectivity index (χ3v) is 8.84. The molecule has 0 atom stereocenters. The Morgan fingerprint density at radius 2 is 1.76 bits per heavy atom. The van der Waals surface area contributed by atoms with Crippen molar-refractivity contribution in [1.29, 1.82) is 0 Å². The number of piperidine rings is 2. The number of rotatable bonds is 6. The number of anilines is 1. The van der Waals surface area contributed by atoms with Crippen LogP contribution < -0.4 is 10.6 Å². The lowest BCUT2D eigenvalue weighted by Gasteiger charge is -2.42. The fourth-order valence-electron chi connectivity index (χ4n) is 6.57. The molecule has 3 heterocycles. The van der Waals surface area contributed by atoms with Gasteiger partial charge in [-0.05, 0) is 73.7 Å². The number of hydrogen-bond acceptors (Lipinski definition) is 4. The molecule has 192 valence electrons. The minimum absolute atomic E-state index is 0.0275. The van der Waals surface area contributed by atoms with Crippen LogP contribution in [0.5, 0.6) is 0 Å². The average molecular weight is 496 g/mol. The summed E-state index contributed by atoms with van der Waals surface area (Å²) in [5.41, 5.74) is 6.43. The summed E-state index contributed by atoms with van der Waals surface area (Å²) in [6.07, 6.45) is 8.33. The second-order valence-corrected chi connectivity index (χ2v) is 10.9. The zero-order chi connectivity index (χ0) is 25.2. The zero-order valence-corrected chi connectivity index (χ0v) is 21.6. The van der Waals surface area contributed by atoms with Gasteiger partial charge in [0.15, 0.2) is 0 Å². The van der Waals surface area contributed by atoms with Crippen molar-refractivity contribution in [2.24, 2.45) is 5.92 Å². The van der Waals surface area contributed by atoms with E-state index >= 15 is 0 Å². The molecule has 0 radical (unpaired) electrons. The standard InChI is InChI=1S/C31H37N5O/c1-23(35-19-15-31(16-20-35)14-11-25-9-5-6-10-28(25)31)27-21-33-36(22-24-7-3-2-4-8-24)29(27)34-30(37)26-12-17-32-18-13-26/h2-10,21,26,32H,1,11-20,22H2,(H,34,37). The van der Waals surface area contributed by atoms with Gasteiger partial charge in [0.25, 0.3) is 0 Å². The van der Waals surface area contributed by atoms with Gasteiger partial charge in [0.2, 0.25) is 5.91 Å². The zero-order valence-electron chi connectivity index (χ0n) is 21.6. The molecule has 1 amide bonds. The van der Waals surface area contributed by atoms with Gasteiger partial charge in [-0.1, -0.05) is 61.2 Å². The van der Waals surface area contributed by atoms with Gasteiger partial charge in [0, 0.05) is 24.7 Å². The highest BCUT2D eigenvalue weighted by Crippen LogP contribution is 2.47. The van der Waals surface area contributed by atoms with E-state index in [-0.39, 0.29) is 11.8 Å². The smallest absolute Gasteiger partial charge is 0.228 e. The molecule has 2 aromatic carbocycles. The van der Waals surface area contributed by atoms with Crippen LogP contribution in [0.2, 0.25) is 0 Å². The van der Waals surface area contributed by atoms with Gasteiger partial charge in [-0.2, -0.15) is 5.10 Å². The Kier molecular flexibility index (Phi) is 6.59. The Bertz CT molecular complexity index is 1270. The second-order valence-electron chi connectivity index (χ2n) is 10.9. The van der Waals surface area contributed by atoms with Crippen molar-refractivity contribution in [1.82, 2.24) is 20.0 Å². The van der Waals surface area contributed by atoms with Crippen molar-refractivity contribution < 1.29 is 4.79 Å². The lowest BCUT2D eigenvalue weighted by Crippen LogP contribution is -2.40. The number of amides is 1. The van der Waals surface area contributed by atoms with E-state index in [4.69, 9.17) is 5.10 Å². The maximum Gasteiger partial charge on any atom is 0.228 e. The number of benzene rings is 2. The summed E-state index contributed by atoms with van der Waals surface area (Å²) in [7, 11) is 0. The summed E-state index contributed by atoms with van der Waals surface area (Å²) in [6.45, 7) is 8.85. The number of likely N-dealkylation sites (tertiary alicyclic amines) is 1. The van der Waals surface area contributed by atoms with Crippen LogP contribution in [0.4, 0.5) is 5.82 Å². The molecule has 3 aromatic rings. The molecule has 3 aliphatic rings. The Balaban J connectivity index is 1.22. The van der Waals surface area contributed by atoms with E-state index < -0.39 is 0 Å². The number of carbonyl (C=O) groups excluding carboxylic acids is 1. The molecular weight excluding hydrogens is 458 g/mol. The van der Waals surface area contributed by atoms with Crippen LogP contribution in [0.3, 0.4) is 0 Å². The predicted octanol–water partition coefficient (Wildman–Crippen LogP) is 4.82. The predicted molar refractivity (Wildman–Crippen MR) is 148 cm³/mol. The van der Waals surface area contributed by atoms with E-state index in [9.17, 15) is 4.79 Å². The Hall–Kier alpha value is -3.38. The van der Waals surface area contributed by atoms with Crippen LogP contribution in [0, 0.1) is 5.92 Å². The van der Waals surface area contributed by atoms with Crippen molar-refractivity contribution in [3.05, 3.63) is 89.6 Å². The van der Waals surface area contributed by atoms with Gasteiger partial charge in [0.1, 0.15) is 5.82 Å². The summed E-state index contributed by atoms with van der Waals surface area (Å²) in [5, 5.41) is 11.4. The molecule has 1 spiro atoms. The third-order valence-electron chi connectivity index (χ3n) is 8.84. The van der Waals surface area contributed by atoms with Crippen LogP contribution in [-0.2, 0) is 23.2 Å². The van der Waals surface area contributed by atoms with E-state index in [0.717, 1.165) is 74.5 Å². The molecule has 37 heavy (non-hydrogen) atoms. The van der Waals surface area contributed by atoms with Gasteiger partial charge < -0.3 is 15.5 Å². The summed E-state index contributed by atoms with van der Waals surface area (Å²) in [4.78, 5) is 15.7. The van der Waals surface area contributed by atoms with E-state index in [0.29, 0.717) is 12.0 Å². The normalized spacial score (nSPS) is 19.1. The van der Waals surface area contributed by atoms with E-state index in [2.05, 4.69) is 58.5 Å². The van der Waals surface area contributed by atoms with Crippen molar-refractivity contribution in [3.8, 4) is 0 Å². The minimum atomic E-state index is 0.0275. The summed E-state index contributed by atoms with van der Waals surface area (Å²) in [6, 6.07) is 19.3. The second kappa shape index (κ2) is 10.2. The Morgan fingerprint density at radius 1 is 1.03 bits per heavy atom. The topological polar surface area (TPSA) is 62.2 Å². The third kappa shape index (κ3) is 4.71. The number of carbonyl (C=O) groups is 1. The summed E-state index contributed by atoms with van der Waals surface area (Å²) in [5.74, 6) is 0.883. The van der Waals surface area contributed by atoms with E-state index in [1.54, 1.807) is 5.56 Å². The van der Waals surface area contributed by atoms with Crippen LogP contribution in [-0.4, -0.2) is 46.8 Å². The molecule has 6 rings (SSSR count). The number of fused-ring (bicyclic) bond motifs is 2. The summed E-state index contributed by atoms with van der Waals surface area (Å²) >= 11 is 0. The van der Waals surface area contributed by atoms with E-state index in [1.807, 2.05) is 29.1 Å². The first-order chi connectivity index (χ1) is 18.1. The molecule has 2 fully saturated rings. The maximum atomic E-state index is 13.3. The molecule has 1 aliphatic carbocycles. The van der Waals surface area contributed by atoms with Crippen molar-refractivity contribution in [2.75, 3.05) is 31.5 Å². The fraction of sp³-hybridized carbons (Fsp3) is 0.419. The van der Waals surface area contributed by atoms with Crippen LogP contribution in [0.25, 0.3) is 5.70 Å².